The van der Waals surface area contributed by atoms with Crippen LogP contribution < -0.4 is 0 Å². The van der Waals surface area contributed by atoms with Crippen molar-refractivity contribution in [3.05, 3.63) is 0 Å². The molecule has 2 unspecified atom stereocenters. The van der Waals surface area contributed by atoms with Crippen molar-refractivity contribution < 1.29 is 228 Å². The number of rotatable bonds is 33. The molecule has 0 aromatic heterocycles. The molecular weight excluding hydrogens is 1920 g/mol. The zero-order valence-corrected chi connectivity index (χ0v) is 84.8. The third-order valence-corrected chi connectivity index (χ3v) is 28.9. The van der Waals surface area contributed by atoms with Crippen LogP contribution in [-0.4, -0.2) is 337 Å². The minimum atomic E-state index is -2.60. The number of hydrogen-bond donors (Lipinski definition) is 0. The second-order valence-electron chi connectivity index (χ2n) is 39.5. The van der Waals surface area contributed by atoms with Crippen LogP contribution in [0.1, 0.15) is 217 Å². The third-order valence-electron chi connectivity index (χ3n) is 28.9. The second-order valence-corrected chi connectivity index (χ2v) is 39.5. The van der Waals surface area contributed by atoms with E-state index < -0.39 is 325 Å². The van der Waals surface area contributed by atoms with E-state index in [0.717, 1.165) is 163 Å². The van der Waals surface area contributed by atoms with Crippen LogP contribution in [0.25, 0.3) is 0 Å². The molecule has 4 saturated carbocycles. The maximum atomic E-state index is 14.4. The van der Waals surface area contributed by atoms with Crippen LogP contribution in [0.3, 0.4) is 0 Å². The third kappa shape index (κ3) is 26.9. The monoisotopic (exact) mass is 2060 g/mol. The number of fused-ring (bicyclic) bond motifs is 7. The minimum absolute atomic E-state index is 0.00889. The molecule has 12 rings (SSSR count). The van der Waals surface area contributed by atoms with Crippen LogP contribution in [0.15, 0.2) is 0 Å². The van der Waals surface area contributed by atoms with Gasteiger partial charge in [-0.3, -0.25) is 81.5 Å². The van der Waals surface area contributed by atoms with Gasteiger partial charge in [0.1, 0.15) is 81.4 Å². The molecule has 8 aliphatic heterocycles. The summed E-state index contributed by atoms with van der Waals surface area (Å²) >= 11 is 0. The van der Waals surface area contributed by atoms with Crippen molar-refractivity contribution in [2.45, 2.75) is 413 Å². The summed E-state index contributed by atoms with van der Waals surface area (Å²) in [5.74, 6) is -17.0. The molecule has 12 fully saturated rings. The SMILES string of the molecule is CC(=O)OC[C@H]1O[C@@H](O[C@H]2CC[C@@]3(C)[C@@H](CC[C@@H]4[C@@H]3CC[C@]3(C)C5C(C[C@@H]43)O[C@]3(CC[C@@H](C)CO3)[C@H]5C)C2)[C@H](OC(C)=O)[C@@H](OC(C)=O)[C@H]1O[C@@H]1O[C@H](COC(C)=O)[C@@H](OC(C)=O)[C@H](O[C@@H]2O[C@H](COC(C)=O)[C@@H](OC(C)=O)[C@H](O[C@@H]3OC[C@@H](OC(C)=O)[C@H](OC(C)=O)[C@H]3OC(C)=O)[C@H]2OC(C)=O)[C@H]1O[C@@H]1O[C@H](COC(C)=O)[C@@H](O[C@@H]2O[C@@H](C)[C@H](OC(C)=O)[C@@H](OC(C)=O)[C@H]2OC(C)=O)[C@H](OC(C)=O)[C@H]1OC(C)=O. The van der Waals surface area contributed by atoms with Gasteiger partial charge in [-0.2, -0.15) is 0 Å². The molecular formula is C96H136O48. The van der Waals surface area contributed by atoms with Crippen LogP contribution >= 0.6 is 0 Å². The van der Waals surface area contributed by atoms with E-state index in [1.165, 1.54) is 6.92 Å². The normalized spacial score (nSPS) is 40.4. The number of esters is 17. The molecule has 41 atom stereocenters. The first-order chi connectivity index (χ1) is 67.7. The smallest absolute Gasteiger partial charge is 0.303 e. The van der Waals surface area contributed by atoms with E-state index in [4.69, 9.17) is 147 Å². The summed E-state index contributed by atoms with van der Waals surface area (Å²) in [7, 11) is 0. The number of carbonyl (C=O) groups excluding carboxylic acids is 17. The molecule has 8 heterocycles. The molecule has 48 heteroatoms. The fraction of sp³-hybridized carbons (Fsp3) is 0.823. The van der Waals surface area contributed by atoms with Crippen molar-refractivity contribution in [3.8, 4) is 0 Å². The highest BCUT2D eigenvalue weighted by Gasteiger charge is 2.71. The fourth-order valence-electron chi connectivity index (χ4n) is 23.6. The van der Waals surface area contributed by atoms with Gasteiger partial charge in [-0.15, -0.1) is 0 Å². The predicted molar refractivity (Wildman–Crippen MR) is 468 cm³/mol. The fourth-order valence-corrected chi connectivity index (χ4v) is 23.6. The van der Waals surface area contributed by atoms with Crippen molar-refractivity contribution in [2.24, 2.45) is 52.3 Å². The molecule has 1 spiro atoms. The van der Waals surface area contributed by atoms with Crippen LogP contribution in [0.2, 0.25) is 0 Å². The van der Waals surface area contributed by atoms with Crippen molar-refractivity contribution >= 4 is 101 Å². The largest absolute Gasteiger partial charge is 0.463 e. The van der Waals surface area contributed by atoms with Gasteiger partial charge in [0.05, 0.1) is 31.5 Å². The standard InChI is InChI=1S/C96H136O48/c1-39-25-30-96(119-33-39)40(2)70-64(144-96)32-63-61-24-23-59-31-60(26-28-94(59,21)62(61)27-29-95(63,70)22)134-90-84(131-56(18)111)78(127-52(14)107)75(68(135-90)36-116-44(6)99)140-93-87(143-92-85(132-57(19)112)79(128-53(15)108)74(69(138-92)37-117-45(7)100)139-89-83(130-55(17)110)77(126-51(13)106)71(41(3)120-89)122-47(9)102)81(73(124-49(11)104)67(137-93)35-115-43(5)98)142-91-86(133-58(20)113)80(72(123-48(10)103)66(136-91)34-114-42(4)97)141-88-82(129-54(16)109)76(125-50(12)105)65(38-118-88)121-46(8)101/h39-41,59-93H,23-38H2,1-22H3/t39-,40+,41+,59+,60+,61-,62+,63+,64?,65-,66-,67-,68-,69-,70?,71+,72-,73-,74-,75+,76+,77-,78+,79+,80+,81+,82-,83-,84-,85-,86-,87-,88+,89+,90-,91+,92+,93+,94+,95+,96-/m1/s1. The summed E-state index contributed by atoms with van der Waals surface area (Å²) in [6.45, 7) is 22.6. The lowest BCUT2D eigenvalue weighted by Gasteiger charge is -2.61. The Labute approximate surface area is 831 Å². The Hall–Kier alpha value is -9.57. The molecule has 12 aliphatic rings. The van der Waals surface area contributed by atoms with E-state index in [-0.39, 0.29) is 28.8 Å². The molecule has 48 nitrogen and oxygen atoms in total. The van der Waals surface area contributed by atoms with Gasteiger partial charge in [0.2, 0.25) is 0 Å². The molecule has 808 valence electrons. The van der Waals surface area contributed by atoms with E-state index in [0.29, 0.717) is 55.5 Å². The quantitative estimate of drug-likeness (QED) is 0.0507. The Morgan fingerprint density at radius 1 is 0.285 bits per heavy atom. The molecule has 0 radical (unpaired) electrons. The van der Waals surface area contributed by atoms with Gasteiger partial charge in [-0.1, -0.05) is 27.7 Å². The van der Waals surface area contributed by atoms with E-state index in [9.17, 15) is 81.5 Å². The van der Waals surface area contributed by atoms with Gasteiger partial charge in [0.15, 0.2) is 123 Å². The maximum Gasteiger partial charge on any atom is 0.303 e. The van der Waals surface area contributed by atoms with E-state index in [1.54, 1.807) is 0 Å². The summed E-state index contributed by atoms with van der Waals surface area (Å²) < 4.78 is 195. The number of ether oxygens (including phenoxy) is 31. The van der Waals surface area contributed by atoms with Gasteiger partial charge < -0.3 is 147 Å². The topological polar surface area (TPSA) is 576 Å². The Morgan fingerprint density at radius 3 is 1.05 bits per heavy atom. The molecule has 0 amide bonds. The Kier molecular flexibility index (Phi) is 37.8. The zero-order valence-electron chi connectivity index (χ0n) is 84.8. The van der Waals surface area contributed by atoms with Crippen LogP contribution in [0, 0.1) is 52.3 Å². The van der Waals surface area contributed by atoms with Crippen molar-refractivity contribution in [1.29, 1.82) is 0 Å². The van der Waals surface area contributed by atoms with Crippen LogP contribution in [0.4, 0.5) is 0 Å². The molecule has 144 heavy (non-hydrogen) atoms. The highest BCUT2D eigenvalue weighted by molar-refractivity contribution is 5.73. The highest BCUT2D eigenvalue weighted by Crippen LogP contribution is 2.72. The first kappa shape index (κ1) is 113. The van der Waals surface area contributed by atoms with Gasteiger partial charge in [-0.25, -0.2) is 0 Å². The van der Waals surface area contributed by atoms with E-state index in [2.05, 4.69) is 27.7 Å². The first-order valence-corrected chi connectivity index (χ1v) is 48.7. The number of hydrogen-bond acceptors (Lipinski definition) is 48. The van der Waals surface area contributed by atoms with Crippen LogP contribution in [0.5, 0.6) is 0 Å². The molecule has 0 N–H and O–H groups in total. The lowest BCUT2D eigenvalue weighted by atomic mass is 9.44. The summed E-state index contributed by atoms with van der Waals surface area (Å²) in [6.07, 6.45) is -53.4. The average Bonchev–Trinajstić information content (AvgIpc) is 1.51. The Morgan fingerprint density at radius 2 is 0.625 bits per heavy atom. The van der Waals surface area contributed by atoms with Gasteiger partial charge in [0.25, 0.3) is 0 Å². The van der Waals surface area contributed by atoms with E-state index in [1.807, 2.05) is 0 Å². The first-order valence-electron chi connectivity index (χ1n) is 48.7. The van der Waals surface area contributed by atoms with Crippen molar-refractivity contribution in [1.82, 2.24) is 0 Å². The molecule has 0 aromatic carbocycles. The lowest BCUT2D eigenvalue weighted by Crippen LogP contribution is -2.71. The maximum absolute atomic E-state index is 14.4. The zero-order chi connectivity index (χ0) is 105. The highest BCUT2D eigenvalue weighted by atomic mass is 16.8. The summed E-state index contributed by atoms with van der Waals surface area (Å²) in [5, 5.41) is 0. The Bertz CT molecular complexity index is 4630. The molecule has 4 aliphatic carbocycles. The predicted octanol–water partition coefficient (Wildman–Crippen LogP) is 4.11. The van der Waals surface area contributed by atoms with Gasteiger partial charge in [-0.05, 0) is 111 Å². The molecule has 8 saturated heterocycles. The van der Waals surface area contributed by atoms with E-state index >= 15 is 0 Å². The average molecular weight is 2060 g/mol. The van der Waals surface area contributed by atoms with Gasteiger partial charge in [0, 0.05) is 130 Å². The van der Waals surface area contributed by atoms with Crippen molar-refractivity contribution in [3.63, 3.8) is 0 Å². The Balaban J connectivity index is 1.01. The lowest BCUT2D eigenvalue weighted by molar-refractivity contribution is -0.413. The minimum Gasteiger partial charge on any atom is -0.463 e. The molecule has 0 aromatic rings. The summed E-state index contributed by atoms with van der Waals surface area (Å²) in [5.41, 5.74) is -0.181. The number of carbonyl (C=O) groups is 17. The second kappa shape index (κ2) is 48.2. The summed E-state index contributed by atoms with van der Waals surface area (Å²) in [6, 6.07) is 0. The van der Waals surface area contributed by atoms with Gasteiger partial charge >= 0.3 is 101 Å². The molecule has 0 bridgehead atoms. The summed E-state index contributed by atoms with van der Waals surface area (Å²) in [4.78, 5) is 231. The van der Waals surface area contributed by atoms with Crippen LogP contribution in [-0.2, 0) is 228 Å². The van der Waals surface area contributed by atoms with Crippen molar-refractivity contribution in [2.75, 3.05) is 39.6 Å².